The molecule has 0 atom stereocenters. The van der Waals surface area contributed by atoms with Crippen molar-refractivity contribution in [2.45, 2.75) is 20.4 Å². The van der Waals surface area contributed by atoms with E-state index in [1.165, 1.54) is 5.56 Å². The standard InChI is InChI=1S/C24H21ClN4OS/c1-15-11-12-20(16(2)13-15)26-24(31)28-27-22-18-8-4-6-10-21(18)29(23(22)30)14-17-7-3-5-9-19(17)25/h3-13,30H,14H2,1-2H3,(H,26,31). The second-order valence-electron chi connectivity index (χ2n) is 7.32. The van der Waals surface area contributed by atoms with Crippen LogP contribution < -0.4 is 5.32 Å². The van der Waals surface area contributed by atoms with Gasteiger partial charge in [-0.2, -0.15) is 0 Å². The maximum atomic E-state index is 10.9. The predicted molar refractivity (Wildman–Crippen MR) is 131 cm³/mol. The zero-order chi connectivity index (χ0) is 22.0. The fraction of sp³-hybridized carbons (Fsp3) is 0.125. The van der Waals surface area contributed by atoms with Crippen LogP contribution in [0.1, 0.15) is 16.7 Å². The highest BCUT2D eigenvalue weighted by atomic mass is 35.5. The molecular formula is C24H21ClN4OS. The number of aryl methyl sites for hydroxylation is 2. The molecule has 0 spiro atoms. The van der Waals surface area contributed by atoms with E-state index in [1.54, 1.807) is 4.57 Å². The summed E-state index contributed by atoms with van der Waals surface area (Å²) < 4.78 is 1.77. The van der Waals surface area contributed by atoms with Crippen LogP contribution >= 0.6 is 23.8 Å². The SMILES string of the molecule is Cc1ccc(NC(=S)N=Nc2c(O)n(Cc3ccccc3Cl)c3ccccc23)c(C)c1. The highest BCUT2D eigenvalue weighted by Gasteiger charge is 2.17. The molecule has 31 heavy (non-hydrogen) atoms. The molecule has 3 aromatic carbocycles. The molecule has 4 rings (SSSR count). The van der Waals surface area contributed by atoms with Crippen LogP contribution in [0.15, 0.2) is 77.0 Å². The van der Waals surface area contributed by atoms with Gasteiger partial charge in [-0.1, -0.05) is 65.7 Å². The van der Waals surface area contributed by atoms with Crippen molar-refractivity contribution in [3.8, 4) is 5.88 Å². The smallest absolute Gasteiger partial charge is 0.221 e. The van der Waals surface area contributed by atoms with Crippen molar-refractivity contribution >= 4 is 51.2 Å². The van der Waals surface area contributed by atoms with E-state index < -0.39 is 0 Å². The molecule has 0 saturated heterocycles. The molecule has 0 unspecified atom stereocenters. The van der Waals surface area contributed by atoms with Crippen LogP contribution in [0.2, 0.25) is 5.02 Å². The molecule has 0 aliphatic heterocycles. The third-order valence-corrected chi connectivity index (χ3v) is 5.62. The maximum Gasteiger partial charge on any atom is 0.221 e. The van der Waals surface area contributed by atoms with Crippen molar-refractivity contribution in [3.63, 3.8) is 0 Å². The third-order valence-electron chi connectivity index (χ3n) is 5.07. The van der Waals surface area contributed by atoms with Crippen LogP contribution in [-0.2, 0) is 6.54 Å². The Morgan fingerprint density at radius 2 is 1.81 bits per heavy atom. The Hall–Kier alpha value is -3.22. The van der Waals surface area contributed by atoms with Gasteiger partial charge in [0.1, 0.15) is 0 Å². The van der Waals surface area contributed by atoms with Crippen molar-refractivity contribution in [1.82, 2.24) is 4.57 Å². The molecule has 0 amide bonds. The van der Waals surface area contributed by atoms with E-state index in [9.17, 15) is 5.11 Å². The summed E-state index contributed by atoms with van der Waals surface area (Å²) in [7, 11) is 0. The minimum absolute atomic E-state index is 0.0131. The summed E-state index contributed by atoms with van der Waals surface area (Å²) in [5.74, 6) is 0.0131. The first-order valence-corrected chi connectivity index (χ1v) is 10.6. The van der Waals surface area contributed by atoms with Gasteiger partial charge in [-0.15, -0.1) is 10.2 Å². The molecule has 5 nitrogen and oxygen atoms in total. The number of fused-ring (bicyclic) bond motifs is 1. The first-order chi connectivity index (χ1) is 14.9. The zero-order valence-electron chi connectivity index (χ0n) is 17.1. The molecule has 0 aliphatic carbocycles. The van der Waals surface area contributed by atoms with Crippen LogP contribution in [0.3, 0.4) is 0 Å². The van der Waals surface area contributed by atoms with Crippen LogP contribution in [0.4, 0.5) is 11.4 Å². The van der Waals surface area contributed by atoms with Gasteiger partial charge in [0.2, 0.25) is 11.0 Å². The summed E-state index contributed by atoms with van der Waals surface area (Å²) in [6.45, 7) is 4.45. The van der Waals surface area contributed by atoms with Crippen LogP contribution in [0, 0.1) is 13.8 Å². The molecule has 0 bridgehead atoms. The van der Waals surface area contributed by atoms with Gasteiger partial charge in [0, 0.05) is 16.1 Å². The van der Waals surface area contributed by atoms with E-state index in [4.69, 9.17) is 23.8 Å². The summed E-state index contributed by atoms with van der Waals surface area (Å²) >= 11 is 11.7. The minimum atomic E-state index is 0.0131. The lowest BCUT2D eigenvalue weighted by Gasteiger charge is -2.08. The van der Waals surface area contributed by atoms with Crippen LogP contribution in [0.5, 0.6) is 5.88 Å². The van der Waals surface area contributed by atoms with Crippen molar-refractivity contribution in [2.24, 2.45) is 10.2 Å². The quantitative estimate of drug-likeness (QED) is 0.257. The monoisotopic (exact) mass is 448 g/mol. The maximum absolute atomic E-state index is 10.9. The largest absolute Gasteiger partial charge is 0.493 e. The Morgan fingerprint density at radius 3 is 2.58 bits per heavy atom. The molecule has 1 aromatic heterocycles. The molecule has 0 radical (unpaired) electrons. The second kappa shape index (κ2) is 8.88. The van der Waals surface area contributed by atoms with Gasteiger partial charge in [-0.25, -0.2) is 0 Å². The molecule has 0 fully saturated rings. The first kappa shape index (κ1) is 21.0. The van der Waals surface area contributed by atoms with Crippen molar-refractivity contribution in [2.75, 3.05) is 5.32 Å². The summed E-state index contributed by atoms with van der Waals surface area (Å²) in [6, 6.07) is 21.2. The number of halogens is 1. The van der Waals surface area contributed by atoms with E-state index >= 15 is 0 Å². The Kier molecular flexibility index (Phi) is 6.02. The lowest BCUT2D eigenvalue weighted by atomic mass is 10.1. The van der Waals surface area contributed by atoms with Gasteiger partial charge < -0.3 is 15.0 Å². The number of nitrogens with one attached hydrogen (secondary N) is 1. The number of hydrogen-bond donors (Lipinski definition) is 2. The molecular weight excluding hydrogens is 428 g/mol. The van der Waals surface area contributed by atoms with Crippen molar-refractivity contribution in [1.29, 1.82) is 0 Å². The topological polar surface area (TPSA) is 61.9 Å². The molecule has 0 saturated carbocycles. The van der Waals surface area contributed by atoms with Crippen molar-refractivity contribution in [3.05, 3.63) is 88.4 Å². The van der Waals surface area contributed by atoms with Gasteiger partial charge in [0.05, 0.1) is 12.1 Å². The number of thiocarbonyl (C=S) groups is 1. The lowest BCUT2D eigenvalue weighted by Crippen LogP contribution is -2.06. The third kappa shape index (κ3) is 4.45. The average Bonchev–Trinajstić information content (AvgIpc) is 3.01. The Morgan fingerprint density at radius 1 is 1.06 bits per heavy atom. The van der Waals surface area contributed by atoms with E-state index in [0.717, 1.165) is 27.7 Å². The molecule has 0 aliphatic rings. The summed E-state index contributed by atoms with van der Waals surface area (Å²) in [6.07, 6.45) is 0. The Bertz CT molecular complexity index is 1310. The Labute approximate surface area is 191 Å². The summed E-state index contributed by atoms with van der Waals surface area (Å²) in [5.41, 5.74) is 5.22. The lowest BCUT2D eigenvalue weighted by molar-refractivity contribution is 0.429. The Balaban J connectivity index is 1.65. The number of rotatable bonds is 4. The van der Waals surface area contributed by atoms with E-state index in [-0.39, 0.29) is 11.0 Å². The number of benzene rings is 3. The minimum Gasteiger partial charge on any atom is -0.493 e. The molecule has 7 heteroatoms. The number of aromatic hydroxyl groups is 1. The fourth-order valence-corrected chi connectivity index (χ4v) is 3.86. The number of aromatic nitrogens is 1. The van der Waals surface area contributed by atoms with Crippen LogP contribution in [-0.4, -0.2) is 14.8 Å². The van der Waals surface area contributed by atoms with Crippen LogP contribution in [0.25, 0.3) is 10.9 Å². The van der Waals surface area contributed by atoms with Gasteiger partial charge in [-0.05, 0) is 55.4 Å². The fourth-order valence-electron chi connectivity index (χ4n) is 3.52. The van der Waals surface area contributed by atoms with E-state index in [1.807, 2.05) is 74.5 Å². The van der Waals surface area contributed by atoms with Gasteiger partial charge in [0.15, 0.2) is 5.69 Å². The number of azo groups is 1. The molecule has 1 heterocycles. The molecule has 2 N–H and O–H groups in total. The predicted octanol–water partition coefficient (Wildman–Crippen LogP) is 7.15. The van der Waals surface area contributed by atoms with E-state index in [0.29, 0.717) is 17.3 Å². The number of nitrogens with zero attached hydrogens (tertiary/aromatic N) is 3. The number of anilines is 1. The normalized spacial score (nSPS) is 11.3. The molecule has 4 aromatic rings. The first-order valence-electron chi connectivity index (χ1n) is 9.77. The molecule has 156 valence electrons. The average molecular weight is 449 g/mol. The van der Waals surface area contributed by atoms with Gasteiger partial charge >= 0.3 is 0 Å². The number of para-hydroxylation sites is 1. The highest BCUT2D eigenvalue weighted by molar-refractivity contribution is 7.80. The second-order valence-corrected chi connectivity index (χ2v) is 8.11. The van der Waals surface area contributed by atoms with Gasteiger partial charge in [0.25, 0.3) is 0 Å². The van der Waals surface area contributed by atoms with Crippen molar-refractivity contribution < 1.29 is 5.11 Å². The van der Waals surface area contributed by atoms with E-state index in [2.05, 4.69) is 21.6 Å². The summed E-state index contributed by atoms with van der Waals surface area (Å²) in [4.78, 5) is 0. The zero-order valence-corrected chi connectivity index (χ0v) is 18.7. The summed E-state index contributed by atoms with van der Waals surface area (Å²) in [5, 5.41) is 24.1. The number of hydrogen-bond acceptors (Lipinski definition) is 3. The van der Waals surface area contributed by atoms with Gasteiger partial charge in [-0.3, -0.25) is 0 Å². The highest BCUT2D eigenvalue weighted by Crippen LogP contribution is 2.39.